The van der Waals surface area contributed by atoms with Crippen LogP contribution in [0.4, 0.5) is 0 Å². The molecule has 2 rings (SSSR count). The number of hydrogen-bond acceptors (Lipinski definition) is 0. The Kier molecular flexibility index (Phi) is 3.86. The minimum atomic E-state index is 0.988. The van der Waals surface area contributed by atoms with Crippen LogP contribution >= 0.6 is 0 Å². The third kappa shape index (κ3) is 2.40. The molecule has 0 aromatic rings. The van der Waals surface area contributed by atoms with Crippen LogP contribution in [0.5, 0.6) is 0 Å². The van der Waals surface area contributed by atoms with E-state index in [0.29, 0.717) is 0 Å². The highest BCUT2D eigenvalue weighted by molar-refractivity contribution is 4.82. The van der Waals surface area contributed by atoms with Crippen molar-refractivity contribution in [2.75, 3.05) is 26.2 Å². The highest BCUT2D eigenvalue weighted by Crippen LogP contribution is 2.38. The van der Waals surface area contributed by atoms with Crippen LogP contribution in [0.3, 0.4) is 0 Å². The fourth-order valence-electron chi connectivity index (χ4n) is 3.89. The van der Waals surface area contributed by atoms with Crippen LogP contribution < -0.4 is 0 Å². The summed E-state index contributed by atoms with van der Waals surface area (Å²) >= 11 is 0. The molecule has 1 heteroatoms. The molecule has 1 nitrogen and oxygen atoms in total. The standard InChI is InChI=1S/C15H26N/c1-3-10-16(11-4-2)12-9-14-7-5-6-8-15(14)13-16/h3-4,14-15H,1-2,5-13H2/q+1. The largest absolute Gasteiger partial charge is 0.317 e. The van der Waals surface area contributed by atoms with Crippen molar-refractivity contribution in [3.8, 4) is 0 Å². The highest BCUT2D eigenvalue weighted by atomic mass is 15.4. The van der Waals surface area contributed by atoms with Crippen molar-refractivity contribution in [2.24, 2.45) is 11.8 Å². The topological polar surface area (TPSA) is 0 Å². The molecule has 2 fully saturated rings. The summed E-state index contributed by atoms with van der Waals surface area (Å²) < 4.78 is 1.23. The van der Waals surface area contributed by atoms with Crippen LogP contribution in [0, 0.1) is 11.8 Å². The zero-order valence-corrected chi connectivity index (χ0v) is 10.5. The minimum Gasteiger partial charge on any atom is -0.317 e. The van der Waals surface area contributed by atoms with Crippen LogP contribution in [-0.4, -0.2) is 30.7 Å². The number of quaternary nitrogens is 1. The van der Waals surface area contributed by atoms with E-state index < -0.39 is 0 Å². The van der Waals surface area contributed by atoms with Gasteiger partial charge in [0.1, 0.15) is 0 Å². The molecule has 1 aliphatic heterocycles. The Bertz CT molecular complexity index is 246. The maximum atomic E-state index is 3.94. The van der Waals surface area contributed by atoms with Gasteiger partial charge in [0.05, 0.1) is 26.2 Å². The van der Waals surface area contributed by atoms with Crippen LogP contribution in [0.15, 0.2) is 25.3 Å². The lowest BCUT2D eigenvalue weighted by molar-refractivity contribution is -0.927. The lowest BCUT2D eigenvalue weighted by Crippen LogP contribution is -2.57. The van der Waals surface area contributed by atoms with E-state index in [1.54, 1.807) is 0 Å². The summed E-state index contributed by atoms with van der Waals surface area (Å²) in [6.07, 6.45) is 11.5. The van der Waals surface area contributed by atoms with E-state index in [1.807, 2.05) is 0 Å². The summed E-state index contributed by atoms with van der Waals surface area (Å²) in [5, 5.41) is 0. The van der Waals surface area contributed by atoms with Gasteiger partial charge in [0.2, 0.25) is 0 Å². The summed E-state index contributed by atoms with van der Waals surface area (Å²) in [6.45, 7) is 12.9. The van der Waals surface area contributed by atoms with Gasteiger partial charge in [0.15, 0.2) is 0 Å². The number of hydrogen-bond donors (Lipinski definition) is 0. The highest BCUT2D eigenvalue weighted by Gasteiger charge is 2.39. The number of rotatable bonds is 4. The van der Waals surface area contributed by atoms with Gasteiger partial charge in [-0.05, 0) is 37.3 Å². The van der Waals surface area contributed by atoms with Crippen molar-refractivity contribution in [3.63, 3.8) is 0 Å². The van der Waals surface area contributed by atoms with Gasteiger partial charge in [-0.25, -0.2) is 0 Å². The molecule has 16 heavy (non-hydrogen) atoms. The van der Waals surface area contributed by atoms with Crippen molar-refractivity contribution in [1.82, 2.24) is 0 Å². The van der Waals surface area contributed by atoms with Crippen molar-refractivity contribution >= 4 is 0 Å². The van der Waals surface area contributed by atoms with Crippen LogP contribution in [0.1, 0.15) is 32.1 Å². The molecule has 0 N–H and O–H groups in total. The first kappa shape index (κ1) is 11.9. The average molecular weight is 220 g/mol. The number of nitrogens with zero attached hydrogens (tertiary/aromatic N) is 1. The smallest absolute Gasteiger partial charge is 0.0973 e. The van der Waals surface area contributed by atoms with E-state index in [-0.39, 0.29) is 0 Å². The third-order valence-corrected chi connectivity index (χ3v) is 4.70. The van der Waals surface area contributed by atoms with Crippen LogP contribution in [0.25, 0.3) is 0 Å². The van der Waals surface area contributed by atoms with Gasteiger partial charge in [-0.15, -0.1) is 0 Å². The van der Waals surface area contributed by atoms with Crippen molar-refractivity contribution in [3.05, 3.63) is 25.3 Å². The zero-order valence-electron chi connectivity index (χ0n) is 10.5. The van der Waals surface area contributed by atoms with E-state index in [0.717, 1.165) is 24.9 Å². The first-order valence-electron chi connectivity index (χ1n) is 6.86. The molecule has 0 aromatic heterocycles. The van der Waals surface area contributed by atoms with E-state index in [4.69, 9.17) is 0 Å². The Morgan fingerprint density at radius 1 is 0.938 bits per heavy atom. The Morgan fingerprint density at radius 3 is 2.19 bits per heavy atom. The van der Waals surface area contributed by atoms with Gasteiger partial charge in [-0.2, -0.15) is 0 Å². The van der Waals surface area contributed by atoms with Gasteiger partial charge in [0, 0.05) is 5.92 Å². The molecule has 1 saturated carbocycles. The maximum Gasteiger partial charge on any atom is 0.0973 e. The zero-order chi connectivity index (χ0) is 11.4. The summed E-state index contributed by atoms with van der Waals surface area (Å²) in [5.74, 6) is 2.03. The van der Waals surface area contributed by atoms with E-state index in [2.05, 4.69) is 25.3 Å². The monoisotopic (exact) mass is 220 g/mol. The first-order valence-corrected chi connectivity index (χ1v) is 6.86. The average Bonchev–Trinajstić information content (AvgIpc) is 2.30. The van der Waals surface area contributed by atoms with Crippen LogP contribution in [-0.2, 0) is 0 Å². The van der Waals surface area contributed by atoms with Gasteiger partial charge in [-0.1, -0.05) is 26.0 Å². The maximum absolute atomic E-state index is 3.94. The number of piperidine rings is 1. The lowest BCUT2D eigenvalue weighted by atomic mass is 9.74. The second-order valence-corrected chi connectivity index (χ2v) is 5.78. The predicted molar refractivity (Wildman–Crippen MR) is 70.2 cm³/mol. The van der Waals surface area contributed by atoms with Crippen molar-refractivity contribution in [2.45, 2.75) is 32.1 Å². The van der Waals surface area contributed by atoms with Gasteiger partial charge in [-0.3, -0.25) is 0 Å². The molecule has 0 bridgehead atoms. The van der Waals surface area contributed by atoms with Crippen molar-refractivity contribution in [1.29, 1.82) is 0 Å². The summed E-state index contributed by atoms with van der Waals surface area (Å²) in [7, 11) is 0. The normalized spacial score (nSPS) is 32.8. The summed E-state index contributed by atoms with van der Waals surface area (Å²) in [6, 6.07) is 0. The third-order valence-electron chi connectivity index (χ3n) is 4.70. The molecule has 0 radical (unpaired) electrons. The predicted octanol–water partition coefficient (Wildman–Crippen LogP) is 3.39. The van der Waals surface area contributed by atoms with Crippen molar-refractivity contribution < 1.29 is 4.48 Å². The van der Waals surface area contributed by atoms with E-state index in [9.17, 15) is 0 Å². The van der Waals surface area contributed by atoms with Gasteiger partial charge >= 0.3 is 0 Å². The second-order valence-electron chi connectivity index (χ2n) is 5.78. The van der Waals surface area contributed by atoms with Gasteiger partial charge < -0.3 is 4.48 Å². The fourth-order valence-corrected chi connectivity index (χ4v) is 3.89. The molecular weight excluding hydrogens is 194 g/mol. The van der Waals surface area contributed by atoms with E-state index in [1.165, 1.54) is 49.7 Å². The fraction of sp³-hybridized carbons (Fsp3) is 0.733. The SMILES string of the molecule is C=CC[N+]1(CC=C)CCC2CCCCC2C1. The Morgan fingerprint density at radius 2 is 1.56 bits per heavy atom. The minimum absolute atomic E-state index is 0.988. The lowest BCUT2D eigenvalue weighted by Gasteiger charge is -2.48. The molecule has 0 aromatic carbocycles. The number of likely N-dealkylation sites (tertiary alicyclic amines) is 1. The van der Waals surface area contributed by atoms with E-state index >= 15 is 0 Å². The second kappa shape index (κ2) is 5.18. The Labute approximate surface area is 100 Å². The molecule has 1 aliphatic carbocycles. The Hall–Kier alpha value is -0.560. The number of fused-ring (bicyclic) bond motifs is 1. The summed E-state index contributed by atoms with van der Waals surface area (Å²) in [4.78, 5) is 0. The molecule has 1 heterocycles. The first-order chi connectivity index (χ1) is 7.79. The molecule has 2 atom stereocenters. The molecular formula is C15H26N+. The summed E-state index contributed by atoms with van der Waals surface area (Å²) in [5.41, 5.74) is 0. The molecule has 90 valence electrons. The molecule has 0 spiro atoms. The molecule has 0 amide bonds. The quantitative estimate of drug-likeness (QED) is 0.503. The molecule has 2 unspecified atom stereocenters. The van der Waals surface area contributed by atoms with Crippen LogP contribution in [0.2, 0.25) is 0 Å². The Balaban J connectivity index is 2.04. The van der Waals surface area contributed by atoms with Gasteiger partial charge in [0.25, 0.3) is 0 Å². The molecule has 1 saturated heterocycles. The molecule has 2 aliphatic rings.